The maximum Gasteiger partial charge on any atom is 0.472 e. The number of amides is 1. The number of phosphoric acid groups is 1. The quantitative estimate of drug-likeness (QED) is 0.0259. The monoisotopic (exact) mass is 674 g/mol. The summed E-state index contributed by atoms with van der Waals surface area (Å²) in [5.74, 6) is -0.458. The van der Waals surface area contributed by atoms with Crippen molar-refractivity contribution in [3.63, 3.8) is 0 Å². The van der Waals surface area contributed by atoms with E-state index in [-0.39, 0.29) is 19.6 Å². The molecule has 0 fully saturated rings. The minimum Gasteiger partial charge on any atom is -0.393 e. The summed E-state index contributed by atoms with van der Waals surface area (Å²) in [7, 11) is -4.39. The number of unbranched alkanes of at least 4 members (excludes halogenated alkanes) is 18. The molecular formula is C36H71N2O7P. The maximum atomic E-state index is 12.7. The molecule has 0 saturated carbocycles. The lowest BCUT2D eigenvalue weighted by molar-refractivity contribution is -0.124. The summed E-state index contributed by atoms with van der Waals surface area (Å²) in [6.07, 6.45) is 31.2. The van der Waals surface area contributed by atoms with Crippen molar-refractivity contribution < 1.29 is 33.5 Å². The minimum atomic E-state index is -4.39. The van der Waals surface area contributed by atoms with Crippen LogP contribution in [-0.4, -0.2) is 59.0 Å². The summed E-state index contributed by atoms with van der Waals surface area (Å²) in [5, 5.41) is 23.8. The van der Waals surface area contributed by atoms with Crippen molar-refractivity contribution in [2.24, 2.45) is 5.73 Å². The molecule has 0 spiro atoms. The molecule has 0 aliphatic heterocycles. The standard InChI is InChI=1S/C36H71N2O7P/c1-3-5-7-9-11-13-15-16-18-20-22-24-26-28-35(40)34(32-45-46(42,43)44-30-29-37)38-36(41)31-33(39)27-25-23-21-19-17-14-12-10-8-6-4-2/h18,20,26,28,33-35,39-40H,3-17,19,21-25,27,29-32,37H2,1-2H3,(H,38,41)(H,42,43)/b20-18+,28-26+. The molecule has 4 unspecified atom stereocenters. The SMILES string of the molecule is CCCCCCCCC/C=C/CC/C=C/C(O)C(COP(=O)(O)OCCN)NC(=O)CC(O)CCCCCCCCCCCCC. The van der Waals surface area contributed by atoms with Crippen molar-refractivity contribution in [2.75, 3.05) is 19.8 Å². The Morgan fingerprint density at radius 2 is 1.24 bits per heavy atom. The lowest BCUT2D eigenvalue weighted by Gasteiger charge is -2.24. The number of allylic oxidation sites excluding steroid dienone is 3. The van der Waals surface area contributed by atoms with E-state index in [1.165, 1.54) is 96.3 Å². The summed E-state index contributed by atoms with van der Waals surface area (Å²) in [4.78, 5) is 22.6. The van der Waals surface area contributed by atoms with Gasteiger partial charge in [-0.25, -0.2) is 4.57 Å². The molecule has 272 valence electrons. The number of carbonyl (C=O) groups is 1. The van der Waals surface area contributed by atoms with Crippen molar-refractivity contribution in [2.45, 2.75) is 180 Å². The van der Waals surface area contributed by atoms with E-state index in [0.29, 0.717) is 12.8 Å². The molecule has 0 aromatic heterocycles. The number of carbonyl (C=O) groups excluding carboxylic acids is 1. The van der Waals surface area contributed by atoms with Crippen LogP contribution in [-0.2, 0) is 18.4 Å². The highest BCUT2D eigenvalue weighted by Gasteiger charge is 2.27. The van der Waals surface area contributed by atoms with Crippen LogP contribution in [0.1, 0.15) is 162 Å². The molecule has 46 heavy (non-hydrogen) atoms. The van der Waals surface area contributed by atoms with Gasteiger partial charge in [0.1, 0.15) is 0 Å². The molecule has 10 heteroatoms. The Kier molecular flexibility index (Phi) is 31.7. The Labute approximate surface area is 281 Å². The van der Waals surface area contributed by atoms with Crippen LogP contribution >= 0.6 is 7.82 Å². The molecule has 0 aromatic rings. The van der Waals surface area contributed by atoms with Crippen molar-refractivity contribution in [1.29, 1.82) is 0 Å². The van der Waals surface area contributed by atoms with E-state index < -0.39 is 38.6 Å². The third kappa shape index (κ3) is 30.3. The van der Waals surface area contributed by atoms with Gasteiger partial charge in [-0.05, 0) is 32.1 Å². The number of rotatable bonds is 34. The number of nitrogens with two attached hydrogens (primary N) is 1. The third-order valence-corrected chi connectivity index (χ3v) is 9.07. The average molecular weight is 675 g/mol. The second kappa shape index (κ2) is 32.5. The van der Waals surface area contributed by atoms with Crippen LogP contribution in [0.2, 0.25) is 0 Å². The topological polar surface area (TPSA) is 151 Å². The molecule has 0 rings (SSSR count). The van der Waals surface area contributed by atoms with Gasteiger partial charge in [0, 0.05) is 6.54 Å². The average Bonchev–Trinajstić information content (AvgIpc) is 3.03. The number of hydrogen-bond acceptors (Lipinski definition) is 7. The van der Waals surface area contributed by atoms with Crippen molar-refractivity contribution in [3.8, 4) is 0 Å². The zero-order valence-electron chi connectivity index (χ0n) is 29.4. The van der Waals surface area contributed by atoms with Crippen molar-refractivity contribution >= 4 is 13.7 Å². The second-order valence-electron chi connectivity index (χ2n) is 12.6. The maximum absolute atomic E-state index is 12.7. The molecule has 0 heterocycles. The molecule has 1 amide bonds. The zero-order chi connectivity index (χ0) is 34.1. The normalized spacial score (nSPS) is 15.3. The molecule has 4 atom stereocenters. The van der Waals surface area contributed by atoms with Gasteiger partial charge in [0.15, 0.2) is 0 Å². The smallest absolute Gasteiger partial charge is 0.393 e. The number of hydrogen-bond donors (Lipinski definition) is 5. The lowest BCUT2D eigenvalue weighted by Crippen LogP contribution is -2.46. The van der Waals surface area contributed by atoms with Gasteiger partial charge < -0.3 is 26.2 Å². The summed E-state index contributed by atoms with van der Waals surface area (Å²) in [5.41, 5.74) is 5.33. The van der Waals surface area contributed by atoms with Gasteiger partial charge >= 0.3 is 7.82 Å². The first-order valence-electron chi connectivity index (χ1n) is 18.5. The molecule has 0 aliphatic rings. The first-order valence-corrected chi connectivity index (χ1v) is 20.0. The van der Waals surface area contributed by atoms with Crippen LogP contribution in [0.3, 0.4) is 0 Å². The highest BCUT2D eigenvalue weighted by molar-refractivity contribution is 7.47. The molecule has 0 saturated heterocycles. The Bertz CT molecular complexity index is 796. The summed E-state index contributed by atoms with van der Waals surface area (Å²) in [6, 6.07) is -0.993. The fraction of sp³-hybridized carbons (Fsp3) is 0.861. The summed E-state index contributed by atoms with van der Waals surface area (Å²) in [6.45, 7) is 3.91. The van der Waals surface area contributed by atoms with E-state index in [0.717, 1.165) is 32.1 Å². The summed E-state index contributed by atoms with van der Waals surface area (Å²) < 4.78 is 21.9. The van der Waals surface area contributed by atoms with Gasteiger partial charge in [-0.1, -0.05) is 147 Å². The molecular weight excluding hydrogens is 603 g/mol. The molecule has 0 aromatic carbocycles. The predicted octanol–water partition coefficient (Wildman–Crippen LogP) is 8.41. The van der Waals surface area contributed by atoms with Crippen LogP contribution in [0.15, 0.2) is 24.3 Å². The molecule has 0 radical (unpaired) electrons. The minimum absolute atomic E-state index is 0.0456. The zero-order valence-corrected chi connectivity index (χ0v) is 30.3. The molecule has 0 aliphatic carbocycles. The Morgan fingerprint density at radius 1 is 0.739 bits per heavy atom. The van der Waals surface area contributed by atoms with Crippen LogP contribution in [0.25, 0.3) is 0 Å². The van der Waals surface area contributed by atoms with E-state index in [1.807, 2.05) is 6.08 Å². The highest BCUT2D eigenvalue weighted by atomic mass is 31.2. The van der Waals surface area contributed by atoms with Gasteiger partial charge in [0.05, 0.1) is 37.9 Å². The fourth-order valence-corrected chi connectivity index (χ4v) is 6.01. The van der Waals surface area contributed by atoms with Crippen LogP contribution in [0, 0.1) is 0 Å². The number of nitrogens with one attached hydrogen (secondary N) is 1. The third-order valence-electron chi connectivity index (χ3n) is 8.08. The molecule has 6 N–H and O–H groups in total. The Hall–Kier alpha value is -1.06. The van der Waals surface area contributed by atoms with Crippen molar-refractivity contribution in [1.82, 2.24) is 5.32 Å². The fourth-order valence-electron chi connectivity index (χ4n) is 5.25. The number of phosphoric ester groups is 1. The van der Waals surface area contributed by atoms with Crippen molar-refractivity contribution in [3.05, 3.63) is 24.3 Å². The van der Waals surface area contributed by atoms with Gasteiger partial charge in [-0.15, -0.1) is 0 Å². The number of aliphatic hydroxyl groups excluding tert-OH is 2. The largest absolute Gasteiger partial charge is 0.472 e. The molecule has 9 nitrogen and oxygen atoms in total. The highest BCUT2D eigenvalue weighted by Crippen LogP contribution is 2.43. The first-order chi connectivity index (χ1) is 22.3. The van der Waals surface area contributed by atoms with Gasteiger partial charge in [0.25, 0.3) is 0 Å². The van der Waals surface area contributed by atoms with E-state index in [9.17, 15) is 24.5 Å². The van der Waals surface area contributed by atoms with Crippen LogP contribution in [0.4, 0.5) is 0 Å². The van der Waals surface area contributed by atoms with Crippen LogP contribution in [0.5, 0.6) is 0 Å². The van der Waals surface area contributed by atoms with E-state index in [1.54, 1.807) is 6.08 Å². The predicted molar refractivity (Wildman–Crippen MR) is 191 cm³/mol. The van der Waals surface area contributed by atoms with E-state index >= 15 is 0 Å². The van der Waals surface area contributed by atoms with E-state index in [4.69, 9.17) is 14.8 Å². The van der Waals surface area contributed by atoms with Gasteiger partial charge in [-0.3, -0.25) is 13.8 Å². The summed E-state index contributed by atoms with van der Waals surface area (Å²) >= 11 is 0. The Morgan fingerprint density at radius 3 is 1.80 bits per heavy atom. The second-order valence-corrected chi connectivity index (χ2v) is 14.1. The lowest BCUT2D eigenvalue weighted by atomic mass is 10.0. The van der Waals surface area contributed by atoms with Gasteiger partial charge in [-0.2, -0.15) is 0 Å². The Balaban J connectivity index is 4.52. The first kappa shape index (κ1) is 44.9. The van der Waals surface area contributed by atoms with Gasteiger partial charge in [0.2, 0.25) is 5.91 Å². The number of aliphatic hydroxyl groups is 2. The van der Waals surface area contributed by atoms with Crippen LogP contribution < -0.4 is 11.1 Å². The molecule has 0 bridgehead atoms. The van der Waals surface area contributed by atoms with E-state index in [2.05, 4.69) is 31.3 Å².